The topological polar surface area (TPSA) is 66.5 Å². The first kappa shape index (κ1) is 15.1. The van der Waals surface area contributed by atoms with Gasteiger partial charge in [0.1, 0.15) is 24.2 Å². The average Bonchev–Trinajstić information content (AvgIpc) is 2.42. The van der Waals surface area contributed by atoms with Gasteiger partial charge in [0.25, 0.3) is 0 Å². The van der Waals surface area contributed by atoms with Crippen molar-refractivity contribution in [3.05, 3.63) is 35.4 Å². The number of hydrogen-bond acceptors (Lipinski definition) is 3. The fourth-order valence-corrected chi connectivity index (χ4v) is 2.29. The number of rotatable bonds is 3. The minimum Gasteiger partial charge on any atom is -0.321 e. The molecule has 1 unspecified atom stereocenters. The maximum Gasteiger partial charge on any atom is 0.249 e. The third kappa shape index (κ3) is 3.07. The summed E-state index contributed by atoms with van der Waals surface area (Å²) in [7, 11) is 0. The second-order valence-corrected chi connectivity index (χ2v) is 4.74. The number of amides is 3. The van der Waals surface area contributed by atoms with Gasteiger partial charge in [0.2, 0.25) is 17.7 Å². The normalized spacial score (nSPS) is 18.6. The van der Waals surface area contributed by atoms with Crippen LogP contribution in [0.3, 0.4) is 0 Å². The minimum absolute atomic E-state index is 0.293. The lowest BCUT2D eigenvalue weighted by Crippen LogP contribution is -2.59. The molecule has 0 bridgehead atoms. The van der Waals surface area contributed by atoms with E-state index >= 15 is 0 Å². The van der Waals surface area contributed by atoms with E-state index < -0.39 is 41.8 Å². The SMILES string of the molecule is CCC1C(=O)NC(=O)CN1C(=O)Cc1c(F)cccc1F. The Balaban J connectivity index is 2.22. The second-order valence-electron chi connectivity index (χ2n) is 4.74. The van der Waals surface area contributed by atoms with Gasteiger partial charge in [-0.3, -0.25) is 19.7 Å². The Morgan fingerprint density at radius 2 is 1.95 bits per heavy atom. The highest BCUT2D eigenvalue weighted by molar-refractivity contribution is 6.04. The van der Waals surface area contributed by atoms with E-state index in [-0.39, 0.29) is 12.1 Å². The highest BCUT2D eigenvalue weighted by Gasteiger charge is 2.35. The Hall–Kier alpha value is -2.31. The van der Waals surface area contributed by atoms with Crippen molar-refractivity contribution < 1.29 is 23.2 Å². The molecule has 1 N–H and O–H groups in total. The number of piperazine rings is 1. The minimum atomic E-state index is -0.829. The molecule has 0 spiro atoms. The van der Waals surface area contributed by atoms with Crippen LogP contribution in [0.25, 0.3) is 0 Å². The van der Waals surface area contributed by atoms with Gasteiger partial charge in [-0.2, -0.15) is 0 Å². The van der Waals surface area contributed by atoms with Crippen LogP contribution in [0.2, 0.25) is 0 Å². The smallest absolute Gasteiger partial charge is 0.249 e. The number of benzene rings is 1. The van der Waals surface area contributed by atoms with Crippen LogP contribution in [0.5, 0.6) is 0 Å². The molecule has 1 saturated heterocycles. The van der Waals surface area contributed by atoms with E-state index in [1.165, 1.54) is 6.07 Å². The molecule has 1 aliphatic heterocycles. The maximum absolute atomic E-state index is 13.6. The zero-order chi connectivity index (χ0) is 15.6. The summed E-state index contributed by atoms with van der Waals surface area (Å²) in [5, 5.41) is 2.13. The molecule has 0 saturated carbocycles. The van der Waals surface area contributed by atoms with Crippen LogP contribution in [0.15, 0.2) is 18.2 Å². The van der Waals surface area contributed by atoms with Gasteiger partial charge in [0.15, 0.2) is 0 Å². The van der Waals surface area contributed by atoms with Gasteiger partial charge in [-0.25, -0.2) is 8.78 Å². The van der Waals surface area contributed by atoms with Gasteiger partial charge in [0, 0.05) is 5.56 Å². The Kier molecular flexibility index (Phi) is 4.30. The van der Waals surface area contributed by atoms with Gasteiger partial charge in [0.05, 0.1) is 6.42 Å². The number of imide groups is 1. The van der Waals surface area contributed by atoms with Crippen LogP contribution in [0.1, 0.15) is 18.9 Å². The summed E-state index contributed by atoms with van der Waals surface area (Å²) in [5.74, 6) is -3.49. The number of nitrogens with zero attached hydrogens (tertiary/aromatic N) is 1. The molecular weight excluding hydrogens is 282 g/mol. The van der Waals surface area contributed by atoms with Crippen molar-refractivity contribution in [2.24, 2.45) is 0 Å². The van der Waals surface area contributed by atoms with Crippen molar-refractivity contribution in [2.75, 3.05) is 6.54 Å². The van der Waals surface area contributed by atoms with Crippen LogP contribution in [-0.4, -0.2) is 35.2 Å². The molecular formula is C14H14F2N2O3. The van der Waals surface area contributed by atoms with E-state index in [4.69, 9.17) is 0 Å². The molecule has 1 atom stereocenters. The average molecular weight is 296 g/mol. The number of nitrogens with one attached hydrogen (secondary N) is 1. The van der Waals surface area contributed by atoms with Crippen molar-refractivity contribution in [1.29, 1.82) is 0 Å². The molecule has 5 nitrogen and oxygen atoms in total. The molecule has 3 amide bonds. The van der Waals surface area contributed by atoms with E-state index in [1.807, 2.05) is 0 Å². The van der Waals surface area contributed by atoms with Crippen LogP contribution >= 0.6 is 0 Å². The van der Waals surface area contributed by atoms with Crippen LogP contribution < -0.4 is 5.32 Å². The van der Waals surface area contributed by atoms with Gasteiger partial charge in [-0.15, -0.1) is 0 Å². The van der Waals surface area contributed by atoms with Crippen molar-refractivity contribution in [1.82, 2.24) is 10.2 Å². The molecule has 1 fully saturated rings. The van der Waals surface area contributed by atoms with Crippen LogP contribution in [0.4, 0.5) is 8.78 Å². The van der Waals surface area contributed by atoms with Crippen LogP contribution in [0, 0.1) is 11.6 Å². The third-order valence-corrected chi connectivity index (χ3v) is 3.35. The zero-order valence-electron chi connectivity index (χ0n) is 11.4. The summed E-state index contributed by atoms with van der Waals surface area (Å²) in [6, 6.07) is 2.50. The Bertz CT molecular complexity index is 584. The van der Waals surface area contributed by atoms with E-state index in [0.29, 0.717) is 6.42 Å². The van der Waals surface area contributed by atoms with Crippen molar-refractivity contribution >= 4 is 17.7 Å². The second kappa shape index (κ2) is 5.99. The summed E-state index contributed by atoms with van der Waals surface area (Å²) in [6.07, 6.45) is -0.222. The summed E-state index contributed by atoms with van der Waals surface area (Å²) >= 11 is 0. The maximum atomic E-state index is 13.6. The molecule has 0 aromatic heterocycles. The van der Waals surface area contributed by atoms with Crippen molar-refractivity contribution in [2.45, 2.75) is 25.8 Å². The third-order valence-electron chi connectivity index (χ3n) is 3.35. The largest absolute Gasteiger partial charge is 0.321 e. The molecule has 1 aliphatic rings. The summed E-state index contributed by atoms with van der Waals surface area (Å²) < 4.78 is 27.1. The molecule has 2 rings (SSSR count). The Labute approximate surface area is 119 Å². The lowest BCUT2D eigenvalue weighted by Gasteiger charge is -2.33. The quantitative estimate of drug-likeness (QED) is 0.838. The Morgan fingerprint density at radius 1 is 1.33 bits per heavy atom. The summed E-state index contributed by atoms with van der Waals surface area (Å²) in [4.78, 5) is 36.3. The lowest BCUT2D eigenvalue weighted by molar-refractivity contribution is -0.149. The molecule has 1 aromatic carbocycles. The standard InChI is InChI=1S/C14H14F2N2O3/c1-2-11-14(21)17-12(19)7-18(11)13(20)6-8-9(15)4-3-5-10(8)16/h3-5,11H,2,6-7H2,1H3,(H,17,19,21). The first-order valence-electron chi connectivity index (χ1n) is 6.50. The molecule has 7 heteroatoms. The summed E-state index contributed by atoms with van der Waals surface area (Å²) in [5.41, 5.74) is -0.365. The lowest BCUT2D eigenvalue weighted by atomic mass is 10.1. The predicted octanol–water partition coefficient (Wildman–Crippen LogP) is 0.771. The molecule has 21 heavy (non-hydrogen) atoms. The number of carbonyl (C=O) groups is 3. The van der Waals surface area contributed by atoms with Crippen molar-refractivity contribution in [3.63, 3.8) is 0 Å². The Morgan fingerprint density at radius 3 is 2.52 bits per heavy atom. The molecule has 1 heterocycles. The monoisotopic (exact) mass is 296 g/mol. The van der Waals surface area contributed by atoms with E-state index in [9.17, 15) is 23.2 Å². The first-order valence-corrected chi connectivity index (χ1v) is 6.50. The predicted molar refractivity (Wildman–Crippen MR) is 69.0 cm³/mol. The van der Waals surface area contributed by atoms with E-state index in [2.05, 4.69) is 5.32 Å². The van der Waals surface area contributed by atoms with E-state index in [0.717, 1.165) is 17.0 Å². The van der Waals surface area contributed by atoms with Gasteiger partial charge in [-0.05, 0) is 18.6 Å². The number of hydrogen-bond donors (Lipinski definition) is 1. The first-order chi connectivity index (χ1) is 9.93. The molecule has 112 valence electrons. The highest BCUT2D eigenvalue weighted by Crippen LogP contribution is 2.16. The van der Waals surface area contributed by atoms with Gasteiger partial charge < -0.3 is 4.90 Å². The van der Waals surface area contributed by atoms with Crippen molar-refractivity contribution in [3.8, 4) is 0 Å². The zero-order valence-corrected chi connectivity index (χ0v) is 11.4. The number of carbonyl (C=O) groups excluding carboxylic acids is 3. The molecule has 0 radical (unpaired) electrons. The highest BCUT2D eigenvalue weighted by atomic mass is 19.1. The fraction of sp³-hybridized carbons (Fsp3) is 0.357. The number of halogens is 2. The van der Waals surface area contributed by atoms with E-state index in [1.54, 1.807) is 6.92 Å². The van der Waals surface area contributed by atoms with Gasteiger partial charge in [-0.1, -0.05) is 13.0 Å². The van der Waals surface area contributed by atoms with Gasteiger partial charge >= 0.3 is 0 Å². The fourth-order valence-electron chi connectivity index (χ4n) is 2.29. The molecule has 0 aliphatic carbocycles. The molecule has 1 aromatic rings. The van der Waals surface area contributed by atoms with Crippen LogP contribution in [-0.2, 0) is 20.8 Å². The summed E-state index contributed by atoms with van der Waals surface area (Å²) in [6.45, 7) is 1.39.